The first-order valence-corrected chi connectivity index (χ1v) is 7.69. The fraction of sp³-hybridized carbons (Fsp3) is 0.158. The highest BCUT2D eigenvalue weighted by molar-refractivity contribution is 5.94. The molecule has 0 atom stereocenters. The molecule has 3 aromatic rings. The van der Waals surface area contributed by atoms with Crippen molar-refractivity contribution in [3.63, 3.8) is 0 Å². The van der Waals surface area contributed by atoms with Gasteiger partial charge in [0.05, 0.1) is 11.4 Å². The molecule has 0 spiro atoms. The van der Waals surface area contributed by atoms with Crippen LogP contribution in [0.5, 0.6) is 0 Å². The van der Waals surface area contributed by atoms with E-state index in [0.717, 1.165) is 22.6 Å². The fourth-order valence-electron chi connectivity index (χ4n) is 2.58. The fourth-order valence-corrected chi connectivity index (χ4v) is 2.58. The van der Waals surface area contributed by atoms with Gasteiger partial charge in [-0.3, -0.25) is 4.79 Å². The van der Waals surface area contributed by atoms with Crippen molar-refractivity contribution in [2.75, 3.05) is 0 Å². The van der Waals surface area contributed by atoms with E-state index in [1.165, 1.54) is 12.1 Å². The number of hydrogen-bond donors (Lipinski definition) is 1. The molecule has 1 aromatic heterocycles. The normalized spacial score (nSPS) is 10.6. The van der Waals surface area contributed by atoms with E-state index in [1.807, 2.05) is 36.7 Å². The van der Waals surface area contributed by atoms with Crippen molar-refractivity contribution in [2.45, 2.75) is 20.4 Å². The van der Waals surface area contributed by atoms with Crippen LogP contribution in [0.15, 0.2) is 54.6 Å². The van der Waals surface area contributed by atoms with Crippen molar-refractivity contribution in [2.24, 2.45) is 0 Å². The molecule has 0 saturated heterocycles. The number of carbonyl (C=O) groups excluding carboxylic acids is 1. The maximum atomic E-state index is 13.1. The molecular formula is C19H18FN3O. The Morgan fingerprint density at radius 1 is 1.12 bits per heavy atom. The second-order valence-electron chi connectivity index (χ2n) is 5.70. The van der Waals surface area contributed by atoms with Gasteiger partial charge in [0.25, 0.3) is 5.91 Å². The van der Waals surface area contributed by atoms with Gasteiger partial charge in [-0.25, -0.2) is 9.07 Å². The number of aromatic nitrogens is 2. The van der Waals surface area contributed by atoms with Crippen molar-refractivity contribution in [1.82, 2.24) is 15.1 Å². The number of amides is 1. The van der Waals surface area contributed by atoms with Gasteiger partial charge in [-0.2, -0.15) is 5.10 Å². The van der Waals surface area contributed by atoms with Crippen LogP contribution in [0.1, 0.15) is 27.3 Å². The lowest BCUT2D eigenvalue weighted by Gasteiger charge is -2.08. The highest BCUT2D eigenvalue weighted by Crippen LogP contribution is 2.13. The maximum absolute atomic E-state index is 13.1. The highest BCUT2D eigenvalue weighted by Gasteiger charge is 2.08. The average Bonchev–Trinajstić information content (AvgIpc) is 2.91. The molecule has 24 heavy (non-hydrogen) atoms. The largest absolute Gasteiger partial charge is 0.348 e. The maximum Gasteiger partial charge on any atom is 0.251 e. The van der Waals surface area contributed by atoms with Crippen LogP contribution in [0.25, 0.3) is 5.69 Å². The predicted octanol–water partition coefficient (Wildman–Crippen LogP) is 3.56. The third kappa shape index (κ3) is 3.51. The van der Waals surface area contributed by atoms with Gasteiger partial charge in [0.2, 0.25) is 0 Å². The van der Waals surface area contributed by atoms with Gasteiger partial charge >= 0.3 is 0 Å². The summed E-state index contributed by atoms with van der Waals surface area (Å²) in [7, 11) is 0. The Labute approximate surface area is 139 Å². The number of nitrogens with one attached hydrogen (secondary N) is 1. The van der Waals surface area contributed by atoms with E-state index in [1.54, 1.807) is 24.3 Å². The van der Waals surface area contributed by atoms with Crippen LogP contribution in [-0.2, 0) is 6.54 Å². The molecule has 0 fully saturated rings. The van der Waals surface area contributed by atoms with Crippen molar-refractivity contribution in [3.8, 4) is 5.69 Å². The van der Waals surface area contributed by atoms with Crippen LogP contribution in [0.4, 0.5) is 4.39 Å². The Hall–Kier alpha value is -2.95. The molecule has 1 amide bonds. The Kier molecular flexibility index (Phi) is 4.42. The van der Waals surface area contributed by atoms with Crippen molar-refractivity contribution in [3.05, 3.63) is 82.9 Å². The third-order valence-corrected chi connectivity index (χ3v) is 3.73. The summed E-state index contributed by atoms with van der Waals surface area (Å²) in [6.45, 7) is 4.22. The molecule has 5 heteroatoms. The molecule has 1 heterocycles. The molecular weight excluding hydrogens is 305 g/mol. The number of benzene rings is 2. The van der Waals surface area contributed by atoms with Crippen LogP contribution < -0.4 is 5.32 Å². The zero-order chi connectivity index (χ0) is 17.1. The average molecular weight is 323 g/mol. The summed E-state index contributed by atoms with van der Waals surface area (Å²) in [4.78, 5) is 12.2. The van der Waals surface area contributed by atoms with E-state index in [2.05, 4.69) is 10.4 Å². The zero-order valence-electron chi connectivity index (χ0n) is 13.6. The van der Waals surface area contributed by atoms with E-state index in [9.17, 15) is 9.18 Å². The number of halogens is 1. The predicted molar refractivity (Wildman–Crippen MR) is 90.6 cm³/mol. The van der Waals surface area contributed by atoms with Crippen molar-refractivity contribution >= 4 is 5.91 Å². The molecule has 0 unspecified atom stereocenters. The lowest BCUT2D eigenvalue weighted by Crippen LogP contribution is -2.22. The molecule has 0 aliphatic carbocycles. The third-order valence-electron chi connectivity index (χ3n) is 3.73. The highest BCUT2D eigenvalue weighted by atomic mass is 19.1. The second kappa shape index (κ2) is 6.66. The molecule has 0 aliphatic rings. The van der Waals surface area contributed by atoms with Gasteiger partial charge in [-0.1, -0.05) is 12.1 Å². The Bertz CT molecular complexity index is 869. The van der Waals surface area contributed by atoms with Gasteiger partial charge in [-0.05, 0) is 61.9 Å². The SMILES string of the molecule is Cc1cc(C)n(-c2ccc(C(=O)NCc3cccc(F)c3)cc2)n1. The molecule has 4 nitrogen and oxygen atoms in total. The van der Waals surface area contributed by atoms with Crippen LogP contribution in [-0.4, -0.2) is 15.7 Å². The lowest BCUT2D eigenvalue weighted by atomic mass is 10.1. The molecule has 3 rings (SSSR count). The molecule has 2 aromatic carbocycles. The zero-order valence-corrected chi connectivity index (χ0v) is 13.6. The molecule has 0 bridgehead atoms. The minimum absolute atomic E-state index is 0.195. The Morgan fingerprint density at radius 2 is 1.88 bits per heavy atom. The number of rotatable bonds is 4. The summed E-state index contributed by atoms with van der Waals surface area (Å²) < 4.78 is 15.0. The van der Waals surface area contributed by atoms with Crippen LogP contribution in [0, 0.1) is 19.7 Å². The molecule has 1 N–H and O–H groups in total. The molecule has 0 saturated carbocycles. The first-order valence-electron chi connectivity index (χ1n) is 7.69. The van der Waals surface area contributed by atoms with Crippen LogP contribution in [0.2, 0.25) is 0 Å². The van der Waals surface area contributed by atoms with Crippen LogP contribution >= 0.6 is 0 Å². The smallest absolute Gasteiger partial charge is 0.251 e. The Balaban J connectivity index is 1.69. The molecule has 0 aliphatic heterocycles. The summed E-state index contributed by atoms with van der Waals surface area (Å²) >= 11 is 0. The first kappa shape index (κ1) is 15.9. The van der Waals surface area contributed by atoms with E-state index in [-0.39, 0.29) is 18.3 Å². The minimum Gasteiger partial charge on any atom is -0.348 e. The summed E-state index contributed by atoms with van der Waals surface area (Å²) in [6, 6.07) is 15.4. The molecule has 122 valence electrons. The quantitative estimate of drug-likeness (QED) is 0.798. The van der Waals surface area contributed by atoms with Crippen LogP contribution in [0.3, 0.4) is 0 Å². The monoisotopic (exact) mass is 323 g/mol. The number of nitrogens with zero attached hydrogens (tertiary/aromatic N) is 2. The first-order chi connectivity index (χ1) is 11.5. The Morgan fingerprint density at radius 3 is 2.50 bits per heavy atom. The number of hydrogen-bond acceptors (Lipinski definition) is 2. The van der Waals surface area contributed by atoms with Gasteiger partial charge in [-0.15, -0.1) is 0 Å². The topological polar surface area (TPSA) is 46.9 Å². The van der Waals surface area contributed by atoms with E-state index < -0.39 is 0 Å². The van der Waals surface area contributed by atoms with Gasteiger partial charge in [0.1, 0.15) is 5.82 Å². The van der Waals surface area contributed by atoms with Crippen molar-refractivity contribution < 1.29 is 9.18 Å². The van der Waals surface area contributed by atoms with Gasteiger partial charge in [0.15, 0.2) is 0 Å². The summed E-state index contributed by atoms with van der Waals surface area (Å²) in [6.07, 6.45) is 0. The van der Waals surface area contributed by atoms with E-state index in [4.69, 9.17) is 0 Å². The summed E-state index contributed by atoms with van der Waals surface area (Å²) in [5.41, 5.74) is 4.17. The lowest BCUT2D eigenvalue weighted by molar-refractivity contribution is 0.0951. The van der Waals surface area contributed by atoms with E-state index >= 15 is 0 Å². The van der Waals surface area contributed by atoms with E-state index in [0.29, 0.717) is 5.56 Å². The summed E-state index contributed by atoms with van der Waals surface area (Å²) in [5.74, 6) is -0.504. The minimum atomic E-state index is -0.309. The standard InChI is InChI=1S/C19H18FN3O/c1-13-10-14(2)23(22-13)18-8-6-16(7-9-18)19(24)21-12-15-4-3-5-17(20)11-15/h3-11H,12H2,1-2H3,(H,21,24). The second-order valence-corrected chi connectivity index (χ2v) is 5.70. The van der Waals surface area contributed by atoms with Gasteiger partial charge in [0, 0.05) is 17.8 Å². The van der Waals surface area contributed by atoms with Crippen molar-refractivity contribution in [1.29, 1.82) is 0 Å². The molecule has 0 radical (unpaired) electrons. The number of aryl methyl sites for hydroxylation is 2. The van der Waals surface area contributed by atoms with Gasteiger partial charge < -0.3 is 5.32 Å². The number of carbonyl (C=O) groups is 1. The summed E-state index contributed by atoms with van der Waals surface area (Å²) in [5, 5.41) is 7.21.